The average molecular weight is 292 g/mol. The number of hydrogen-bond donors (Lipinski definition) is 1. The molecule has 5 heteroatoms. The molecule has 0 fully saturated rings. The smallest absolute Gasteiger partial charge is 0.209 e. The van der Waals surface area contributed by atoms with Crippen LogP contribution in [0.1, 0.15) is 19.4 Å². The van der Waals surface area contributed by atoms with Gasteiger partial charge in [0, 0.05) is 10.5 Å². The molecule has 15 heavy (non-hydrogen) atoms. The molecule has 0 heterocycles. The van der Waals surface area contributed by atoms with Crippen LogP contribution < -0.4 is 4.72 Å². The Kier molecular flexibility index (Phi) is 3.92. The molecule has 0 aliphatic rings. The number of halogens is 1. The van der Waals surface area contributed by atoms with Crippen LogP contribution in [-0.2, 0) is 10.0 Å². The predicted molar refractivity (Wildman–Crippen MR) is 64.3 cm³/mol. The second kappa shape index (κ2) is 4.63. The first-order valence-corrected chi connectivity index (χ1v) is 6.89. The molecule has 1 aromatic carbocycles. The van der Waals surface area contributed by atoms with E-state index in [1.54, 1.807) is 32.0 Å². The van der Waals surface area contributed by atoms with Crippen molar-refractivity contribution in [2.24, 2.45) is 0 Å². The summed E-state index contributed by atoms with van der Waals surface area (Å²) in [4.78, 5) is 0.279. The summed E-state index contributed by atoms with van der Waals surface area (Å²) in [5.41, 5.74) is 1.02. The van der Waals surface area contributed by atoms with Crippen molar-refractivity contribution in [1.29, 1.82) is 0 Å². The second-order valence-electron chi connectivity index (χ2n) is 3.71. The molecule has 0 aliphatic heterocycles. The zero-order valence-electron chi connectivity index (χ0n) is 8.91. The van der Waals surface area contributed by atoms with Crippen molar-refractivity contribution in [1.82, 2.24) is 4.72 Å². The standard InChI is InChI=1S/C10H14BrNO2S/c1-7(2)12-15(13,14)10-5-4-8(3)6-9(10)11/h4-7,12H,1-3H3. The largest absolute Gasteiger partial charge is 0.241 e. The van der Waals surface area contributed by atoms with E-state index in [-0.39, 0.29) is 10.9 Å². The summed E-state index contributed by atoms with van der Waals surface area (Å²) in [6.07, 6.45) is 0. The van der Waals surface area contributed by atoms with Gasteiger partial charge in [-0.15, -0.1) is 0 Å². The molecule has 1 aromatic rings. The fourth-order valence-electron chi connectivity index (χ4n) is 1.20. The van der Waals surface area contributed by atoms with Gasteiger partial charge in [0.2, 0.25) is 10.0 Å². The summed E-state index contributed by atoms with van der Waals surface area (Å²) < 4.78 is 26.8. The molecular formula is C10H14BrNO2S. The van der Waals surface area contributed by atoms with E-state index in [2.05, 4.69) is 20.7 Å². The third-order valence-electron chi connectivity index (χ3n) is 1.77. The van der Waals surface area contributed by atoms with Crippen molar-refractivity contribution in [3.63, 3.8) is 0 Å². The summed E-state index contributed by atoms with van der Waals surface area (Å²) in [6.45, 7) is 5.50. The number of hydrogen-bond acceptors (Lipinski definition) is 2. The summed E-state index contributed by atoms with van der Waals surface area (Å²) in [5.74, 6) is 0. The highest BCUT2D eigenvalue weighted by molar-refractivity contribution is 9.10. The van der Waals surface area contributed by atoms with Crippen LogP contribution in [0.5, 0.6) is 0 Å². The minimum atomic E-state index is -3.40. The third-order valence-corrected chi connectivity index (χ3v) is 4.40. The van der Waals surface area contributed by atoms with Gasteiger partial charge in [0.1, 0.15) is 0 Å². The van der Waals surface area contributed by atoms with Crippen molar-refractivity contribution in [2.45, 2.75) is 31.7 Å². The van der Waals surface area contributed by atoms with Crippen LogP contribution >= 0.6 is 15.9 Å². The first kappa shape index (κ1) is 12.7. The van der Waals surface area contributed by atoms with E-state index in [0.717, 1.165) is 5.56 Å². The summed E-state index contributed by atoms with van der Waals surface area (Å²) in [7, 11) is -3.40. The lowest BCUT2D eigenvalue weighted by molar-refractivity contribution is 0.569. The summed E-state index contributed by atoms with van der Waals surface area (Å²) in [5, 5.41) is 0. The first-order chi connectivity index (χ1) is 6.83. The van der Waals surface area contributed by atoms with Crippen LogP contribution in [0, 0.1) is 6.92 Å². The van der Waals surface area contributed by atoms with Gasteiger partial charge in [-0.3, -0.25) is 0 Å². The van der Waals surface area contributed by atoms with Crippen LogP contribution in [0.2, 0.25) is 0 Å². The van der Waals surface area contributed by atoms with Gasteiger partial charge in [0.15, 0.2) is 0 Å². The van der Waals surface area contributed by atoms with E-state index in [1.807, 2.05) is 6.92 Å². The van der Waals surface area contributed by atoms with E-state index >= 15 is 0 Å². The normalized spacial score (nSPS) is 12.1. The highest BCUT2D eigenvalue weighted by Crippen LogP contribution is 2.22. The molecule has 0 spiro atoms. The number of benzene rings is 1. The van der Waals surface area contributed by atoms with E-state index in [4.69, 9.17) is 0 Å². The molecule has 0 aromatic heterocycles. The van der Waals surface area contributed by atoms with Gasteiger partial charge in [0.25, 0.3) is 0 Å². The Morgan fingerprint density at radius 1 is 1.33 bits per heavy atom. The van der Waals surface area contributed by atoms with Crippen molar-refractivity contribution in [3.05, 3.63) is 28.2 Å². The topological polar surface area (TPSA) is 46.2 Å². The third kappa shape index (κ3) is 3.29. The molecule has 0 aliphatic carbocycles. The number of aryl methyl sites for hydroxylation is 1. The molecular weight excluding hydrogens is 278 g/mol. The molecule has 3 nitrogen and oxygen atoms in total. The molecule has 0 saturated heterocycles. The van der Waals surface area contributed by atoms with Gasteiger partial charge in [0.05, 0.1) is 4.90 Å². The van der Waals surface area contributed by atoms with Crippen LogP contribution in [-0.4, -0.2) is 14.5 Å². The van der Waals surface area contributed by atoms with Crippen molar-refractivity contribution >= 4 is 26.0 Å². The Morgan fingerprint density at radius 2 is 1.93 bits per heavy atom. The molecule has 0 radical (unpaired) electrons. The Bertz CT molecular complexity index is 454. The van der Waals surface area contributed by atoms with Crippen LogP contribution in [0.15, 0.2) is 27.6 Å². The lowest BCUT2D eigenvalue weighted by atomic mass is 10.2. The quantitative estimate of drug-likeness (QED) is 0.930. The van der Waals surface area contributed by atoms with Gasteiger partial charge in [-0.05, 0) is 54.4 Å². The maximum atomic E-state index is 11.8. The number of rotatable bonds is 3. The first-order valence-electron chi connectivity index (χ1n) is 4.61. The summed E-state index contributed by atoms with van der Waals surface area (Å²) in [6, 6.07) is 5.06. The van der Waals surface area contributed by atoms with Crippen molar-refractivity contribution < 1.29 is 8.42 Å². The van der Waals surface area contributed by atoms with Gasteiger partial charge < -0.3 is 0 Å². The minimum absolute atomic E-state index is 0.108. The second-order valence-corrected chi connectivity index (χ2v) is 6.25. The highest BCUT2D eigenvalue weighted by Gasteiger charge is 2.18. The van der Waals surface area contributed by atoms with E-state index < -0.39 is 10.0 Å². The Labute approximate surface area is 99.1 Å². The van der Waals surface area contributed by atoms with Crippen molar-refractivity contribution in [2.75, 3.05) is 0 Å². The fraction of sp³-hybridized carbons (Fsp3) is 0.400. The summed E-state index contributed by atoms with van der Waals surface area (Å²) >= 11 is 3.25. The SMILES string of the molecule is Cc1ccc(S(=O)(=O)NC(C)C)c(Br)c1. The molecule has 0 saturated carbocycles. The van der Waals surface area contributed by atoms with Gasteiger partial charge in [-0.1, -0.05) is 6.07 Å². The van der Waals surface area contributed by atoms with Crippen LogP contribution in [0.3, 0.4) is 0 Å². The van der Waals surface area contributed by atoms with E-state index in [9.17, 15) is 8.42 Å². The zero-order chi connectivity index (χ0) is 11.6. The lowest BCUT2D eigenvalue weighted by Crippen LogP contribution is -2.30. The average Bonchev–Trinajstić information content (AvgIpc) is 1.99. The molecule has 0 amide bonds. The maximum absolute atomic E-state index is 11.8. The molecule has 0 atom stereocenters. The Morgan fingerprint density at radius 3 is 2.40 bits per heavy atom. The van der Waals surface area contributed by atoms with E-state index in [1.165, 1.54) is 0 Å². The van der Waals surface area contributed by atoms with E-state index in [0.29, 0.717) is 4.47 Å². The number of sulfonamides is 1. The Balaban J connectivity index is 3.16. The van der Waals surface area contributed by atoms with Crippen molar-refractivity contribution in [3.8, 4) is 0 Å². The molecule has 1 N–H and O–H groups in total. The number of nitrogens with one attached hydrogen (secondary N) is 1. The highest BCUT2D eigenvalue weighted by atomic mass is 79.9. The lowest BCUT2D eigenvalue weighted by Gasteiger charge is -2.11. The molecule has 0 unspecified atom stereocenters. The Hall–Kier alpha value is -0.390. The molecule has 0 bridgehead atoms. The minimum Gasteiger partial charge on any atom is -0.209 e. The predicted octanol–water partition coefficient (Wildman–Crippen LogP) is 2.44. The molecule has 1 rings (SSSR count). The zero-order valence-corrected chi connectivity index (χ0v) is 11.3. The molecule has 84 valence electrons. The van der Waals surface area contributed by atoms with Gasteiger partial charge in [-0.2, -0.15) is 0 Å². The maximum Gasteiger partial charge on any atom is 0.241 e. The van der Waals surface area contributed by atoms with Crippen LogP contribution in [0.4, 0.5) is 0 Å². The monoisotopic (exact) mass is 291 g/mol. The fourth-order valence-corrected chi connectivity index (χ4v) is 3.64. The van der Waals surface area contributed by atoms with Gasteiger partial charge in [-0.25, -0.2) is 13.1 Å². The van der Waals surface area contributed by atoms with Crippen LogP contribution in [0.25, 0.3) is 0 Å². The van der Waals surface area contributed by atoms with Gasteiger partial charge >= 0.3 is 0 Å².